The maximum Gasteiger partial charge on any atom is 0.262 e. The summed E-state index contributed by atoms with van der Waals surface area (Å²) >= 11 is 0. The van der Waals surface area contributed by atoms with Crippen LogP contribution in [0, 0.1) is 0 Å². The number of benzene rings is 2. The number of sulfonamides is 1. The predicted octanol–water partition coefficient (Wildman–Crippen LogP) is 2.62. The molecule has 1 aliphatic rings. The van der Waals surface area contributed by atoms with E-state index in [1.807, 2.05) is 0 Å². The van der Waals surface area contributed by atoms with E-state index in [1.54, 1.807) is 41.3 Å². The molecule has 0 unspecified atom stereocenters. The lowest BCUT2D eigenvalue weighted by Gasteiger charge is -2.17. The summed E-state index contributed by atoms with van der Waals surface area (Å²) in [6, 6.07) is 13.1. The average Bonchev–Trinajstić information content (AvgIpc) is 3.01. The molecule has 2 aromatic carbocycles. The lowest BCUT2D eigenvalue weighted by Crippen LogP contribution is -2.23. The molecular formula is C17H18N2O4S. The van der Waals surface area contributed by atoms with Crippen LogP contribution in [0.1, 0.15) is 12.8 Å². The quantitative estimate of drug-likeness (QED) is 0.903. The van der Waals surface area contributed by atoms with Crippen LogP contribution >= 0.6 is 0 Å². The topological polar surface area (TPSA) is 75.7 Å². The van der Waals surface area contributed by atoms with E-state index >= 15 is 0 Å². The largest absolute Gasteiger partial charge is 0.497 e. The molecule has 0 aliphatic carbocycles. The molecule has 24 heavy (non-hydrogen) atoms. The first-order chi connectivity index (χ1) is 11.5. The minimum Gasteiger partial charge on any atom is -0.497 e. The highest BCUT2D eigenvalue weighted by Crippen LogP contribution is 2.26. The Labute approximate surface area is 141 Å². The van der Waals surface area contributed by atoms with Crippen LogP contribution < -0.4 is 14.4 Å². The van der Waals surface area contributed by atoms with E-state index in [2.05, 4.69) is 4.72 Å². The van der Waals surface area contributed by atoms with Crippen LogP contribution in [0.5, 0.6) is 5.75 Å². The van der Waals surface area contributed by atoms with Gasteiger partial charge in [0.2, 0.25) is 5.91 Å². The van der Waals surface area contributed by atoms with Gasteiger partial charge >= 0.3 is 0 Å². The molecule has 1 heterocycles. The normalized spacial score (nSPS) is 14.7. The van der Waals surface area contributed by atoms with Crippen molar-refractivity contribution in [1.82, 2.24) is 0 Å². The van der Waals surface area contributed by atoms with Gasteiger partial charge in [0.05, 0.1) is 17.7 Å². The molecule has 0 saturated carbocycles. The SMILES string of the molecule is COc1cccc(S(=O)(=O)Nc2cccc(N3CCCC3=O)c2)c1. The van der Waals surface area contributed by atoms with E-state index in [4.69, 9.17) is 4.74 Å². The number of rotatable bonds is 5. The van der Waals surface area contributed by atoms with Crippen molar-refractivity contribution >= 4 is 27.3 Å². The number of carbonyl (C=O) groups is 1. The van der Waals surface area contributed by atoms with Gasteiger partial charge in [0, 0.05) is 24.7 Å². The summed E-state index contributed by atoms with van der Waals surface area (Å²) in [5.74, 6) is 0.525. The predicted molar refractivity (Wildman–Crippen MR) is 91.8 cm³/mol. The van der Waals surface area contributed by atoms with Gasteiger partial charge in [0.25, 0.3) is 10.0 Å². The molecule has 0 radical (unpaired) electrons. The summed E-state index contributed by atoms with van der Waals surface area (Å²) < 4.78 is 32.6. The molecule has 1 saturated heterocycles. The zero-order chi connectivity index (χ0) is 17.2. The van der Waals surface area contributed by atoms with Gasteiger partial charge in [0.15, 0.2) is 0 Å². The van der Waals surface area contributed by atoms with Gasteiger partial charge in [-0.3, -0.25) is 9.52 Å². The molecule has 1 aliphatic heterocycles. The van der Waals surface area contributed by atoms with E-state index in [0.717, 1.165) is 6.42 Å². The van der Waals surface area contributed by atoms with Crippen molar-refractivity contribution in [2.45, 2.75) is 17.7 Å². The van der Waals surface area contributed by atoms with Crippen LogP contribution in [0.15, 0.2) is 53.4 Å². The molecule has 126 valence electrons. The monoisotopic (exact) mass is 346 g/mol. The van der Waals surface area contributed by atoms with Crippen molar-refractivity contribution in [2.75, 3.05) is 23.3 Å². The molecule has 2 aromatic rings. The van der Waals surface area contributed by atoms with Crippen LogP contribution in [0.3, 0.4) is 0 Å². The Morgan fingerprint density at radius 1 is 1.12 bits per heavy atom. The van der Waals surface area contributed by atoms with Crippen LogP contribution in [-0.4, -0.2) is 28.0 Å². The fourth-order valence-electron chi connectivity index (χ4n) is 2.64. The molecular weight excluding hydrogens is 328 g/mol. The number of nitrogens with zero attached hydrogens (tertiary/aromatic N) is 1. The second kappa shape index (κ2) is 6.52. The molecule has 0 bridgehead atoms. The number of amides is 1. The molecule has 0 atom stereocenters. The van der Waals surface area contributed by atoms with Crippen molar-refractivity contribution in [1.29, 1.82) is 0 Å². The Morgan fingerprint density at radius 2 is 1.92 bits per heavy atom. The number of anilines is 2. The highest BCUT2D eigenvalue weighted by molar-refractivity contribution is 7.92. The highest BCUT2D eigenvalue weighted by Gasteiger charge is 2.22. The molecule has 0 spiro atoms. The smallest absolute Gasteiger partial charge is 0.262 e. The second-order valence-corrected chi connectivity index (χ2v) is 7.17. The minimum absolute atomic E-state index is 0.0582. The van der Waals surface area contributed by atoms with E-state index in [0.29, 0.717) is 30.1 Å². The van der Waals surface area contributed by atoms with Gasteiger partial charge in [0.1, 0.15) is 5.75 Å². The molecule has 1 N–H and O–H groups in total. The van der Waals surface area contributed by atoms with Gasteiger partial charge in [-0.25, -0.2) is 8.42 Å². The van der Waals surface area contributed by atoms with Crippen molar-refractivity contribution in [3.8, 4) is 5.75 Å². The third kappa shape index (κ3) is 3.35. The van der Waals surface area contributed by atoms with Crippen LogP contribution in [0.25, 0.3) is 0 Å². The summed E-state index contributed by atoms with van der Waals surface area (Å²) in [6.45, 7) is 0.658. The zero-order valence-electron chi connectivity index (χ0n) is 13.2. The van der Waals surface area contributed by atoms with Gasteiger partial charge in [-0.15, -0.1) is 0 Å². The summed E-state index contributed by atoms with van der Waals surface area (Å²) in [6.07, 6.45) is 1.35. The molecule has 1 fully saturated rings. The van der Waals surface area contributed by atoms with Gasteiger partial charge in [-0.1, -0.05) is 12.1 Å². The number of methoxy groups -OCH3 is 1. The van der Waals surface area contributed by atoms with E-state index in [9.17, 15) is 13.2 Å². The second-order valence-electron chi connectivity index (χ2n) is 5.48. The summed E-state index contributed by atoms with van der Waals surface area (Å²) in [4.78, 5) is 13.6. The Bertz CT molecular complexity index is 864. The maximum absolute atomic E-state index is 12.5. The Kier molecular flexibility index (Phi) is 4.44. The van der Waals surface area contributed by atoms with Crippen LogP contribution in [0.2, 0.25) is 0 Å². The first-order valence-electron chi connectivity index (χ1n) is 7.57. The van der Waals surface area contributed by atoms with Crippen LogP contribution in [-0.2, 0) is 14.8 Å². The fraction of sp³-hybridized carbons (Fsp3) is 0.235. The lowest BCUT2D eigenvalue weighted by atomic mass is 10.2. The lowest BCUT2D eigenvalue weighted by molar-refractivity contribution is -0.117. The van der Waals surface area contributed by atoms with Crippen molar-refractivity contribution in [3.63, 3.8) is 0 Å². The number of hydrogen-bond acceptors (Lipinski definition) is 4. The summed E-state index contributed by atoms with van der Waals surface area (Å²) in [5, 5.41) is 0. The van der Waals surface area contributed by atoms with Crippen molar-refractivity contribution < 1.29 is 17.9 Å². The molecule has 1 amide bonds. The number of hydrogen-bond donors (Lipinski definition) is 1. The third-order valence-electron chi connectivity index (χ3n) is 3.83. The molecule has 0 aromatic heterocycles. The number of carbonyl (C=O) groups excluding carboxylic acids is 1. The molecule has 7 heteroatoms. The first-order valence-corrected chi connectivity index (χ1v) is 9.05. The van der Waals surface area contributed by atoms with Gasteiger partial charge in [-0.05, 0) is 36.8 Å². The van der Waals surface area contributed by atoms with Gasteiger partial charge in [-0.2, -0.15) is 0 Å². The van der Waals surface area contributed by atoms with E-state index in [1.165, 1.54) is 19.2 Å². The van der Waals surface area contributed by atoms with Crippen LogP contribution in [0.4, 0.5) is 11.4 Å². The fourth-order valence-corrected chi connectivity index (χ4v) is 3.73. The van der Waals surface area contributed by atoms with Gasteiger partial charge < -0.3 is 9.64 Å². The highest BCUT2D eigenvalue weighted by atomic mass is 32.2. The molecule has 3 rings (SSSR count). The Hall–Kier alpha value is -2.54. The Morgan fingerprint density at radius 3 is 2.62 bits per heavy atom. The number of ether oxygens (including phenoxy) is 1. The van der Waals surface area contributed by atoms with E-state index < -0.39 is 10.0 Å². The number of nitrogens with one attached hydrogen (secondary N) is 1. The Balaban J connectivity index is 1.86. The summed E-state index contributed by atoms with van der Waals surface area (Å²) in [5.41, 5.74) is 1.11. The zero-order valence-corrected chi connectivity index (χ0v) is 14.0. The van der Waals surface area contributed by atoms with Crippen molar-refractivity contribution in [2.24, 2.45) is 0 Å². The maximum atomic E-state index is 12.5. The van der Waals surface area contributed by atoms with E-state index in [-0.39, 0.29) is 10.8 Å². The average molecular weight is 346 g/mol. The standard InChI is InChI=1S/C17H18N2O4S/c1-23-15-7-3-8-16(12-15)24(21,22)18-13-5-2-6-14(11-13)19-10-4-9-17(19)20/h2-3,5-8,11-12,18H,4,9-10H2,1H3. The minimum atomic E-state index is -3.73. The first kappa shape index (κ1) is 16.3. The summed E-state index contributed by atoms with van der Waals surface area (Å²) in [7, 11) is -2.25. The third-order valence-corrected chi connectivity index (χ3v) is 5.21. The van der Waals surface area contributed by atoms with Crippen molar-refractivity contribution in [3.05, 3.63) is 48.5 Å². The molecule has 6 nitrogen and oxygen atoms in total.